The third-order valence-corrected chi connectivity index (χ3v) is 5.16. The van der Waals surface area contributed by atoms with Crippen LogP contribution in [0.25, 0.3) is 6.08 Å². The second-order valence-electron chi connectivity index (χ2n) is 8.04. The van der Waals surface area contributed by atoms with Crippen LogP contribution in [0, 0.1) is 5.92 Å². The summed E-state index contributed by atoms with van der Waals surface area (Å²) in [6.07, 6.45) is 4.04. The molecule has 0 bridgehead atoms. The second kappa shape index (κ2) is 11.5. The van der Waals surface area contributed by atoms with Gasteiger partial charge in [0.05, 0.1) is 19.5 Å². The van der Waals surface area contributed by atoms with Crippen LogP contribution in [0.4, 0.5) is 0 Å². The Hall–Kier alpha value is -2.90. The molecule has 3 rings (SSSR count). The molecule has 1 aromatic carbocycles. The number of hydrogen-bond acceptors (Lipinski definition) is 5. The van der Waals surface area contributed by atoms with Crippen molar-refractivity contribution in [3.8, 4) is 0 Å². The van der Waals surface area contributed by atoms with Gasteiger partial charge in [-0.15, -0.1) is 0 Å². The molecule has 0 saturated carbocycles. The summed E-state index contributed by atoms with van der Waals surface area (Å²) in [5.74, 6) is 0.300. The van der Waals surface area contributed by atoms with E-state index in [1.54, 1.807) is 42.5 Å². The fraction of sp³-hybridized carbons (Fsp3) is 0.417. The maximum absolute atomic E-state index is 13.0. The van der Waals surface area contributed by atoms with Gasteiger partial charge in [0.2, 0.25) is 0 Å². The predicted octanol–water partition coefficient (Wildman–Crippen LogP) is 2.91. The van der Waals surface area contributed by atoms with Gasteiger partial charge in [-0.2, -0.15) is 0 Å². The molecular weight excluding hydrogens is 394 g/mol. The highest BCUT2D eigenvalue weighted by atomic mass is 16.5. The third kappa shape index (κ3) is 7.08. The van der Waals surface area contributed by atoms with Crippen LogP contribution in [-0.4, -0.2) is 55.6 Å². The summed E-state index contributed by atoms with van der Waals surface area (Å²) in [5.41, 5.74) is 0.626. The molecule has 2 amide bonds. The number of ether oxygens (including phenoxy) is 1. The summed E-state index contributed by atoms with van der Waals surface area (Å²) in [7, 11) is 0. The largest absolute Gasteiger partial charge is 0.465 e. The monoisotopic (exact) mass is 425 g/mol. The Morgan fingerprint density at radius 3 is 2.48 bits per heavy atom. The smallest absolute Gasteiger partial charge is 0.267 e. The number of nitrogens with one attached hydrogen (secondary N) is 2. The quantitative estimate of drug-likeness (QED) is 0.604. The molecule has 1 aliphatic rings. The maximum Gasteiger partial charge on any atom is 0.267 e. The molecule has 1 saturated heterocycles. The van der Waals surface area contributed by atoms with Gasteiger partial charge in [-0.1, -0.05) is 32.0 Å². The standard InChI is InChI=1S/C24H31N3O4/c1-18(2)15-20(27-10-13-30-14-11-27)17-25-24(29)22(16-21-9-6-12-31-21)26-23(28)19-7-4-3-5-8-19/h3-9,12,16,18,20H,10-11,13-15,17H2,1-2H3,(H,25,29)(H,26,28). The lowest BCUT2D eigenvalue weighted by Crippen LogP contribution is -2.50. The van der Waals surface area contributed by atoms with Gasteiger partial charge in [0.25, 0.3) is 11.8 Å². The number of hydrogen-bond donors (Lipinski definition) is 2. The predicted molar refractivity (Wildman–Crippen MR) is 119 cm³/mol. The van der Waals surface area contributed by atoms with Crippen molar-refractivity contribution in [2.24, 2.45) is 5.92 Å². The number of nitrogens with zero attached hydrogens (tertiary/aromatic N) is 1. The minimum atomic E-state index is -0.347. The van der Waals surface area contributed by atoms with Crippen molar-refractivity contribution >= 4 is 17.9 Å². The summed E-state index contributed by atoms with van der Waals surface area (Å²) in [4.78, 5) is 28.0. The van der Waals surface area contributed by atoms with Crippen molar-refractivity contribution in [2.45, 2.75) is 26.3 Å². The zero-order valence-electron chi connectivity index (χ0n) is 18.2. The first-order valence-electron chi connectivity index (χ1n) is 10.7. The molecular formula is C24H31N3O4. The van der Waals surface area contributed by atoms with Crippen molar-refractivity contribution in [3.63, 3.8) is 0 Å². The van der Waals surface area contributed by atoms with Crippen LogP contribution < -0.4 is 10.6 Å². The average molecular weight is 426 g/mol. The van der Waals surface area contributed by atoms with Gasteiger partial charge in [-0.05, 0) is 36.6 Å². The maximum atomic E-state index is 13.0. The Morgan fingerprint density at radius 1 is 1.10 bits per heavy atom. The van der Waals surface area contributed by atoms with Gasteiger partial charge >= 0.3 is 0 Å². The van der Waals surface area contributed by atoms with E-state index in [1.165, 1.54) is 6.26 Å². The number of carbonyl (C=O) groups excluding carboxylic acids is 2. The van der Waals surface area contributed by atoms with Crippen LogP contribution in [0.1, 0.15) is 36.4 Å². The molecule has 2 N–H and O–H groups in total. The summed E-state index contributed by atoms with van der Waals surface area (Å²) < 4.78 is 10.8. The molecule has 0 radical (unpaired) electrons. The molecule has 0 aliphatic carbocycles. The minimum Gasteiger partial charge on any atom is -0.465 e. The van der Waals surface area contributed by atoms with Gasteiger partial charge in [0, 0.05) is 37.3 Å². The first-order chi connectivity index (χ1) is 15.0. The fourth-order valence-corrected chi connectivity index (χ4v) is 3.61. The van der Waals surface area contributed by atoms with E-state index in [1.807, 2.05) is 6.07 Å². The van der Waals surface area contributed by atoms with E-state index in [0.717, 1.165) is 19.5 Å². The van der Waals surface area contributed by atoms with Gasteiger partial charge < -0.3 is 19.8 Å². The van der Waals surface area contributed by atoms with Crippen LogP contribution in [0.15, 0.2) is 58.8 Å². The van der Waals surface area contributed by atoms with E-state index in [-0.39, 0.29) is 23.6 Å². The highest BCUT2D eigenvalue weighted by Crippen LogP contribution is 2.14. The normalized spacial score (nSPS) is 16.2. The van der Waals surface area contributed by atoms with E-state index in [9.17, 15) is 9.59 Å². The zero-order chi connectivity index (χ0) is 22.1. The first kappa shape index (κ1) is 22.8. The van der Waals surface area contributed by atoms with Crippen LogP contribution in [0.3, 0.4) is 0 Å². The number of furan rings is 1. The Labute approximate surface area is 183 Å². The summed E-state index contributed by atoms with van der Waals surface area (Å²) >= 11 is 0. The highest BCUT2D eigenvalue weighted by molar-refractivity contribution is 6.05. The van der Waals surface area contributed by atoms with Crippen LogP contribution in [0.2, 0.25) is 0 Å². The second-order valence-corrected chi connectivity index (χ2v) is 8.04. The van der Waals surface area contributed by atoms with Crippen molar-refractivity contribution in [3.05, 3.63) is 65.7 Å². The number of benzene rings is 1. The molecule has 1 atom stereocenters. The van der Waals surface area contributed by atoms with Gasteiger partial charge in [0.15, 0.2) is 0 Å². The highest BCUT2D eigenvalue weighted by Gasteiger charge is 2.23. The van der Waals surface area contributed by atoms with Crippen LogP contribution in [-0.2, 0) is 9.53 Å². The van der Waals surface area contributed by atoms with Crippen LogP contribution >= 0.6 is 0 Å². The molecule has 31 heavy (non-hydrogen) atoms. The topological polar surface area (TPSA) is 83.8 Å². The molecule has 1 fully saturated rings. The minimum absolute atomic E-state index is 0.147. The summed E-state index contributed by atoms with van der Waals surface area (Å²) in [5, 5.41) is 5.74. The molecule has 1 aromatic heterocycles. The molecule has 2 aromatic rings. The molecule has 0 spiro atoms. The lowest BCUT2D eigenvalue weighted by Gasteiger charge is -2.35. The van der Waals surface area contributed by atoms with E-state index in [2.05, 4.69) is 29.4 Å². The van der Waals surface area contributed by atoms with E-state index < -0.39 is 0 Å². The number of amides is 2. The Bertz CT molecular complexity index is 856. The third-order valence-electron chi connectivity index (χ3n) is 5.16. The lowest BCUT2D eigenvalue weighted by molar-refractivity contribution is -0.118. The Balaban J connectivity index is 1.70. The molecule has 166 valence electrons. The van der Waals surface area contributed by atoms with E-state index in [0.29, 0.717) is 37.0 Å². The molecule has 7 heteroatoms. The van der Waals surface area contributed by atoms with Crippen molar-refractivity contribution in [1.82, 2.24) is 15.5 Å². The van der Waals surface area contributed by atoms with E-state index in [4.69, 9.17) is 9.15 Å². The summed E-state index contributed by atoms with van der Waals surface area (Å²) in [6, 6.07) is 12.5. The van der Waals surface area contributed by atoms with Crippen molar-refractivity contribution in [2.75, 3.05) is 32.8 Å². The average Bonchev–Trinajstić information content (AvgIpc) is 3.30. The van der Waals surface area contributed by atoms with Gasteiger partial charge in [0.1, 0.15) is 11.5 Å². The molecule has 2 heterocycles. The molecule has 1 aliphatic heterocycles. The Morgan fingerprint density at radius 2 is 1.84 bits per heavy atom. The molecule has 1 unspecified atom stereocenters. The number of carbonyl (C=O) groups is 2. The SMILES string of the molecule is CC(C)CC(CNC(=O)C(=Cc1ccco1)NC(=O)c1ccccc1)N1CCOCC1. The lowest BCUT2D eigenvalue weighted by atomic mass is 10.0. The number of morpholine rings is 1. The number of rotatable bonds is 9. The van der Waals surface area contributed by atoms with Crippen LogP contribution in [0.5, 0.6) is 0 Å². The summed E-state index contributed by atoms with van der Waals surface area (Å²) in [6.45, 7) is 7.97. The van der Waals surface area contributed by atoms with E-state index >= 15 is 0 Å². The van der Waals surface area contributed by atoms with Crippen molar-refractivity contribution in [1.29, 1.82) is 0 Å². The fourth-order valence-electron chi connectivity index (χ4n) is 3.61. The van der Waals surface area contributed by atoms with Crippen molar-refractivity contribution < 1.29 is 18.7 Å². The van der Waals surface area contributed by atoms with Gasteiger partial charge in [-0.3, -0.25) is 14.5 Å². The molecule has 7 nitrogen and oxygen atoms in total. The van der Waals surface area contributed by atoms with Gasteiger partial charge in [-0.25, -0.2) is 0 Å². The Kier molecular flexibility index (Phi) is 8.44. The zero-order valence-corrected chi connectivity index (χ0v) is 18.2. The first-order valence-corrected chi connectivity index (χ1v) is 10.7.